The standard InChI is InChI=1S/C29H30F2N2O5/c1-20-7-11-23(12-8-20)38-24-13-9-22(10-14-24)27(35)32-16-26(34)33-19-29(31,18-30)15-25(33)28(36)37-17-21-5-3-2-4-6-21/h2-14,25,28,36H,15-19H2,1H3,(H,32,35)/t25?,28?,29-/m0/s1. The summed E-state index contributed by atoms with van der Waals surface area (Å²) in [7, 11) is 0. The summed E-state index contributed by atoms with van der Waals surface area (Å²) in [6, 6.07) is 21.8. The molecule has 0 bridgehead atoms. The van der Waals surface area contributed by atoms with Crippen molar-refractivity contribution in [3.63, 3.8) is 0 Å². The number of hydrogen-bond donors (Lipinski definition) is 2. The normalized spacial score (nSPS) is 19.7. The third-order valence-electron chi connectivity index (χ3n) is 6.35. The second-order valence-corrected chi connectivity index (χ2v) is 9.39. The zero-order valence-electron chi connectivity index (χ0n) is 21.0. The number of ether oxygens (including phenoxy) is 2. The Morgan fingerprint density at radius 2 is 1.68 bits per heavy atom. The highest BCUT2D eigenvalue weighted by Gasteiger charge is 2.49. The number of amides is 2. The zero-order valence-corrected chi connectivity index (χ0v) is 21.0. The molecule has 1 fully saturated rings. The van der Waals surface area contributed by atoms with Crippen LogP contribution in [0.5, 0.6) is 11.5 Å². The minimum Gasteiger partial charge on any atom is -0.457 e. The van der Waals surface area contributed by atoms with Gasteiger partial charge in [-0.1, -0.05) is 48.0 Å². The Morgan fingerprint density at radius 1 is 1.05 bits per heavy atom. The Morgan fingerprint density at radius 3 is 2.32 bits per heavy atom. The van der Waals surface area contributed by atoms with Gasteiger partial charge in [0.15, 0.2) is 12.0 Å². The van der Waals surface area contributed by atoms with E-state index in [0.717, 1.165) is 16.0 Å². The van der Waals surface area contributed by atoms with Crippen LogP contribution in [0.3, 0.4) is 0 Å². The summed E-state index contributed by atoms with van der Waals surface area (Å²) < 4.78 is 39.5. The number of aliphatic hydroxyl groups is 1. The fourth-order valence-electron chi connectivity index (χ4n) is 4.24. The summed E-state index contributed by atoms with van der Waals surface area (Å²) in [6.45, 7) is -0.287. The number of nitrogens with one attached hydrogen (secondary N) is 1. The van der Waals surface area contributed by atoms with Crippen LogP contribution in [-0.2, 0) is 16.1 Å². The molecule has 38 heavy (non-hydrogen) atoms. The smallest absolute Gasteiger partial charge is 0.251 e. The average molecular weight is 525 g/mol. The van der Waals surface area contributed by atoms with Gasteiger partial charge >= 0.3 is 0 Å². The van der Waals surface area contributed by atoms with E-state index in [1.165, 1.54) is 0 Å². The highest BCUT2D eigenvalue weighted by atomic mass is 19.2. The van der Waals surface area contributed by atoms with Crippen molar-refractivity contribution in [2.24, 2.45) is 0 Å². The number of carbonyl (C=O) groups excluding carboxylic acids is 2. The fourth-order valence-corrected chi connectivity index (χ4v) is 4.24. The molecule has 2 N–H and O–H groups in total. The molecule has 2 unspecified atom stereocenters. The summed E-state index contributed by atoms with van der Waals surface area (Å²) in [4.78, 5) is 26.5. The number of nitrogens with zero attached hydrogens (tertiary/aromatic N) is 1. The number of hydrogen-bond acceptors (Lipinski definition) is 5. The molecule has 0 spiro atoms. The Labute approximate surface area is 220 Å². The van der Waals surface area contributed by atoms with Crippen LogP contribution >= 0.6 is 0 Å². The number of rotatable bonds is 10. The van der Waals surface area contributed by atoms with Crippen LogP contribution in [0.4, 0.5) is 8.78 Å². The van der Waals surface area contributed by atoms with Gasteiger partial charge in [0.1, 0.15) is 18.2 Å². The lowest BCUT2D eigenvalue weighted by Gasteiger charge is -2.28. The molecule has 2 amide bonds. The van der Waals surface area contributed by atoms with Crippen molar-refractivity contribution < 1.29 is 33.0 Å². The van der Waals surface area contributed by atoms with E-state index in [2.05, 4.69) is 5.32 Å². The minimum atomic E-state index is -2.30. The average Bonchev–Trinajstić information content (AvgIpc) is 3.31. The predicted molar refractivity (Wildman–Crippen MR) is 137 cm³/mol. The van der Waals surface area contributed by atoms with Crippen LogP contribution in [0.15, 0.2) is 78.9 Å². The lowest BCUT2D eigenvalue weighted by atomic mass is 10.0. The van der Waals surface area contributed by atoms with Gasteiger partial charge in [0, 0.05) is 12.0 Å². The van der Waals surface area contributed by atoms with E-state index in [4.69, 9.17) is 9.47 Å². The Bertz CT molecular complexity index is 1220. The molecule has 0 aromatic heterocycles. The first-order valence-corrected chi connectivity index (χ1v) is 12.3. The maximum Gasteiger partial charge on any atom is 0.251 e. The van der Waals surface area contributed by atoms with Crippen LogP contribution in [0, 0.1) is 6.92 Å². The van der Waals surface area contributed by atoms with E-state index in [-0.39, 0.29) is 6.61 Å². The van der Waals surface area contributed by atoms with Crippen LogP contribution in [0.25, 0.3) is 0 Å². The van der Waals surface area contributed by atoms with Crippen molar-refractivity contribution in [1.29, 1.82) is 0 Å². The van der Waals surface area contributed by atoms with Crippen LogP contribution in [-0.4, -0.2) is 59.6 Å². The molecule has 4 rings (SSSR count). The first kappa shape index (κ1) is 27.2. The van der Waals surface area contributed by atoms with Gasteiger partial charge in [0.2, 0.25) is 5.91 Å². The zero-order chi connectivity index (χ0) is 27.1. The van der Waals surface area contributed by atoms with Gasteiger partial charge in [-0.3, -0.25) is 9.59 Å². The third-order valence-corrected chi connectivity index (χ3v) is 6.35. The van der Waals surface area contributed by atoms with E-state index in [9.17, 15) is 23.5 Å². The van der Waals surface area contributed by atoms with Crippen molar-refractivity contribution in [1.82, 2.24) is 10.2 Å². The van der Waals surface area contributed by atoms with Gasteiger partial charge in [-0.2, -0.15) is 0 Å². The van der Waals surface area contributed by atoms with Crippen molar-refractivity contribution in [3.8, 4) is 11.5 Å². The highest BCUT2D eigenvalue weighted by Crippen LogP contribution is 2.33. The van der Waals surface area contributed by atoms with E-state index in [0.29, 0.717) is 17.1 Å². The number of aryl methyl sites for hydroxylation is 1. The second kappa shape index (κ2) is 12.1. The maximum atomic E-state index is 14.9. The number of aliphatic hydroxyl groups excluding tert-OH is 1. The quantitative estimate of drug-likeness (QED) is 0.386. The van der Waals surface area contributed by atoms with Gasteiger partial charge in [-0.05, 0) is 48.9 Å². The molecule has 9 heteroatoms. The first-order valence-electron chi connectivity index (χ1n) is 12.3. The van der Waals surface area contributed by atoms with Crippen LogP contribution in [0.1, 0.15) is 27.9 Å². The van der Waals surface area contributed by atoms with E-state index >= 15 is 0 Å². The summed E-state index contributed by atoms with van der Waals surface area (Å²) in [5.41, 5.74) is -0.117. The predicted octanol–water partition coefficient (Wildman–Crippen LogP) is 4.33. The lowest BCUT2D eigenvalue weighted by molar-refractivity contribution is -0.159. The monoisotopic (exact) mass is 524 g/mol. The SMILES string of the molecule is Cc1ccc(Oc2ccc(C(=O)NCC(=O)N3C[C@@](F)(CF)CC3C(O)OCc3ccccc3)cc2)cc1. The number of likely N-dealkylation sites (tertiary alicyclic amines) is 1. The van der Waals surface area contributed by atoms with E-state index < -0.39 is 56.0 Å². The number of carbonyl (C=O) groups is 2. The summed E-state index contributed by atoms with van der Waals surface area (Å²) in [5.74, 6) is 0.0222. The lowest BCUT2D eigenvalue weighted by Crippen LogP contribution is -2.48. The molecule has 1 aliphatic heterocycles. The van der Waals surface area contributed by atoms with Gasteiger partial charge < -0.3 is 24.8 Å². The summed E-state index contributed by atoms with van der Waals surface area (Å²) >= 11 is 0. The van der Waals surface area contributed by atoms with Crippen LogP contribution in [0.2, 0.25) is 0 Å². The van der Waals surface area contributed by atoms with Gasteiger partial charge in [0.25, 0.3) is 5.91 Å². The molecule has 0 aliphatic carbocycles. The second-order valence-electron chi connectivity index (χ2n) is 9.39. The minimum absolute atomic E-state index is 0.0375. The number of benzene rings is 3. The molecule has 1 saturated heterocycles. The Hall–Kier alpha value is -3.82. The largest absolute Gasteiger partial charge is 0.457 e. The molecule has 0 saturated carbocycles. The van der Waals surface area contributed by atoms with Gasteiger partial charge in [-0.25, -0.2) is 8.78 Å². The third kappa shape index (κ3) is 6.93. The topological polar surface area (TPSA) is 88.1 Å². The van der Waals surface area contributed by atoms with Crippen molar-refractivity contribution in [2.45, 2.75) is 38.0 Å². The molecule has 1 heterocycles. The summed E-state index contributed by atoms with van der Waals surface area (Å²) in [6.07, 6.45) is -1.94. The summed E-state index contributed by atoms with van der Waals surface area (Å²) in [5, 5.41) is 13.1. The van der Waals surface area contributed by atoms with Crippen LogP contribution < -0.4 is 10.1 Å². The van der Waals surface area contributed by atoms with Crippen molar-refractivity contribution in [3.05, 3.63) is 95.6 Å². The maximum absolute atomic E-state index is 14.9. The van der Waals surface area contributed by atoms with Crippen molar-refractivity contribution >= 4 is 11.8 Å². The molecular formula is C29H30F2N2O5. The fraction of sp³-hybridized carbons (Fsp3) is 0.310. The van der Waals surface area contributed by atoms with Gasteiger partial charge in [-0.15, -0.1) is 0 Å². The molecule has 3 atom stereocenters. The Balaban J connectivity index is 1.33. The molecular weight excluding hydrogens is 494 g/mol. The molecule has 1 aliphatic rings. The number of alkyl halides is 2. The van der Waals surface area contributed by atoms with Crippen molar-refractivity contribution in [2.75, 3.05) is 19.8 Å². The first-order chi connectivity index (χ1) is 18.3. The molecule has 7 nitrogen and oxygen atoms in total. The molecule has 200 valence electrons. The molecule has 0 radical (unpaired) electrons. The van der Waals surface area contributed by atoms with E-state index in [1.807, 2.05) is 37.3 Å². The van der Waals surface area contributed by atoms with Gasteiger partial charge in [0.05, 0.1) is 25.7 Å². The Kier molecular flexibility index (Phi) is 8.70. The molecule has 3 aromatic rings. The van der Waals surface area contributed by atoms with E-state index in [1.54, 1.807) is 48.5 Å². The molecule has 3 aromatic carbocycles. The highest BCUT2D eigenvalue weighted by molar-refractivity contribution is 5.96. The number of halogens is 2.